The van der Waals surface area contributed by atoms with Crippen molar-refractivity contribution in [1.29, 1.82) is 0 Å². The predicted molar refractivity (Wildman–Crippen MR) is 108 cm³/mol. The number of benzene rings is 1. The Kier molecular flexibility index (Phi) is 6.18. The number of carbonyl (C=O) groups is 2. The largest absolute Gasteiger partial charge is 0.488 e. The third-order valence-electron chi connectivity index (χ3n) is 4.70. The highest BCUT2D eigenvalue weighted by Crippen LogP contribution is 2.29. The maximum absolute atomic E-state index is 12.5. The van der Waals surface area contributed by atoms with E-state index in [4.69, 9.17) is 21.1 Å². The lowest BCUT2D eigenvalue weighted by Gasteiger charge is -2.34. The van der Waals surface area contributed by atoms with Crippen LogP contribution in [0.3, 0.4) is 0 Å². The van der Waals surface area contributed by atoms with Crippen LogP contribution in [0, 0.1) is 5.92 Å². The second kappa shape index (κ2) is 8.43. The number of ether oxygens (including phenoxy) is 2. The Labute approximate surface area is 170 Å². The highest BCUT2D eigenvalue weighted by atomic mass is 35.5. The van der Waals surface area contributed by atoms with E-state index in [2.05, 4.69) is 5.32 Å². The SMILES string of the molecule is CC(C)(C)OC(=O)N1CCCC(CNC(=O)C2=Cc3cc(Cl)ccc3OC2)C1. The number of hydrogen-bond donors (Lipinski definition) is 1. The van der Waals surface area contributed by atoms with Crippen molar-refractivity contribution in [1.82, 2.24) is 10.2 Å². The van der Waals surface area contributed by atoms with Crippen molar-refractivity contribution in [2.45, 2.75) is 39.2 Å². The van der Waals surface area contributed by atoms with E-state index >= 15 is 0 Å². The number of fused-ring (bicyclic) bond motifs is 1. The maximum atomic E-state index is 12.5. The van der Waals surface area contributed by atoms with Crippen LogP contribution in [0.15, 0.2) is 23.8 Å². The molecule has 0 saturated carbocycles. The van der Waals surface area contributed by atoms with E-state index in [1.54, 1.807) is 23.1 Å². The molecule has 6 nitrogen and oxygen atoms in total. The van der Waals surface area contributed by atoms with E-state index in [1.807, 2.05) is 26.8 Å². The van der Waals surface area contributed by atoms with Gasteiger partial charge in [0.15, 0.2) is 0 Å². The van der Waals surface area contributed by atoms with Crippen LogP contribution in [0.25, 0.3) is 6.08 Å². The molecule has 0 spiro atoms. The van der Waals surface area contributed by atoms with Gasteiger partial charge in [0.2, 0.25) is 0 Å². The number of rotatable bonds is 3. The molecule has 1 unspecified atom stereocenters. The standard InChI is InChI=1S/C21H27ClN2O4/c1-21(2,3)28-20(26)24-8-4-5-14(12-24)11-23-19(25)16-9-15-10-17(22)6-7-18(15)27-13-16/h6-7,9-10,14H,4-5,8,11-13H2,1-3H3,(H,23,25). The number of piperidine rings is 1. The van der Waals surface area contributed by atoms with E-state index in [-0.39, 0.29) is 24.5 Å². The minimum Gasteiger partial charge on any atom is -0.488 e. The van der Waals surface area contributed by atoms with Crippen LogP contribution in [0.5, 0.6) is 5.75 Å². The number of nitrogens with zero attached hydrogens (tertiary/aromatic N) is 1. The summed E-state index contributed by atoms with van der Waals surface area (Å²) in [7, 11) is 0. The summed E-state index contributed by atoms with van der Waals surface area (Å²) in [5.74, 6) is 0.776. The van der Waals surface area contributed by atoms with E-state index in [9.17, 15) is 9.59 Å². The third-order valence-corrected chi connectivity index (χ3v) is 4.93. The van der Waals surface area contributed by atoms with Crippen LogP contribution < -0.4 is 10.1 Å². The molecule has 0 aromatic heterocycles. The Bertz CT molecular complexity index is 785. The molecule has 0 bridgehead atoms. The molecule has 1 aromatic carbocycles. The number of nitrogens with one attached hydrogen (secondary N) is 1. The summed E-state index contributed by atoms with van der Waals surface area (Å²) < 4.78 is 11.1. The van der Waals surface area contributed by atoms with Crippen LogP contribution in [-0.4, -0.2) is 48.7 Å². The van der Waals surface area contributed by atoms with E-state index < -0.39 is 5.60 Å². The highest BCUT2D eigenvalue weighted by molar-refractivity contribution is 6.30. The molecule has 0 aliphatic carbocycles. The molecule has 7 heteroatoms. The van der Waals surface area contributed by atoms with Crippen molar-refractivity contribution >= 4 is 29.7 Å². The van der Waals surface area contributed by atoms with Crippen molar-refractivity contribution < 1.29 is 19.1 Å². The van der Waals surface area contributed by atoms with Crippen molar-refractivity contribution in [3.8, 4) is 5.75 Å². The third kappa shape index (κ3) is 5.41. The van der Waals surface area contributed by atoms with Crippen molar-refractivity contribution in [3.63, 3.8) is 0 Å². The van der Waals surface area contributed by atoms with Crippen molar-refractivity contribution in [3.05, 3.63) is 34.4 Å². The molecule has 2 aliphatic rings. The molecule has 3 rings (SSSR count). The first-order valence-electron chi connectivity index (χ1n) is 9.60. The van der Waals surface area contributed by atoms with Gasteiger partial charge in [0.25, 0.3) is 5.91 Å². The average molecular weight is 407 g/mol. The number of halogens is 1. The maximum Gasteiger partial charge on any atom is 0.410 e. The summed E-state index contributed by atoms with van der Waals surface area (Å²) in [5, 5.41) is 3.58. The Morgan fingerprint density at radius 2 is 2.14 bits per heavy atom. The lowest BCUT2D eigenvalue weighted by atomic mass is 9.98. The zero-order valence-electron chi connectivity index (χ0n) is 16.6. The summed E-state index contributed by atoms with van der Waals surface area (Å²) in [6.45, 7) is 7.60. The molecule has 1 aromatic rings. The molecule has 0 radical (unpaired) electrons. The number of likely N-dealkylation sites (tertiary alicyclic amines) is 1. The van der Waals surface area contributed by atoms with Crippen LogP contribution in [0.2, 0.25) is 5.02 Å². The summed E-state index contributed by atoms with van der Waals surface area (Å²) in [6, 6.07) is 5.35. The molecule has 1 atom stereocenters. The molecular weight excluding hydrogens is 380 g/mol. The highest BCUT2D eigenvalue weighted by Gasteiger charge is 2.28. The first kappa shape index (κ1) is 20.5. The molecule has 152 valence electrons. The Morgan fingerprint density at radius 3 is 2.89 bits per heavy atom. The minimum atomic E-state index is -0.509. The minimum absolute atomic E-state index is 0.153. The Hall–Kier alpha value is -2.21. The summed E-state index contributed by atoms with van der Waals surface area (Å²) in [6.07, 6.45) is 3.39. The predicted octanol–water partition coefficient (Wildman–Crippen LogP) is 3.88. The first-order valence-corrected chi connectivity index (χ1v) is 9.98. The van der Waals surface area contributed by atoms with Crippen LogP contribution >= 0.6 is 11.6 Å². The molecule has 2 aliphatic heterocycles. The Morgan fingerprint density at radius 1 is 1.36 bits per heavy atom. The zero-order chi connectivity index (χ0) is 20.3. The quantitative estimate of drug-likeness (QED) is 0.827. The van der Waals surface area contributed by atoms with Crippen LogP contribution in [0.4, 0.5) is 4.79 Å². The monoisotopic (exact) mass is 406 g/mol. The van der Waals surface area contributed by atoms with Gasteiger partial charge in [-0.1, -0.05) is 11.6 Å². The molecule has 28 heavy (non-hydrogen) atoms. The van der Waals surface area contributed by atoms with E-state index in [1.165, 1.54) is 0 Å². The summed E-state index contributed by atoms with van der Waals surface area (Å²) in [4.78, 5) is 26.5. The molecule has 1 fully saturated rings. The summed E-state index contributed by atoms with van der Waals surface area (Å²) >= 11 is 6.02. The summed E-state index contributed by atoms with van der Waals surface area (Å²) in [5.41, 5.74) is 0.859. The molecule has 2 heterocycles. The topological polar surface area (TPSA) is 67.9 Å². The van der Waals surface area contributed by atoms with Gasteiger partial charge in [0, 0.05) is 30.2 Å². The van der Waals surface area contributed by atoms with Crippen molar-refractivity contribution in [2.24, 2.45) is 5.92 Å². The Balaban J connectivity index is 1.54. The van der Waals surface area contributed by atoms with Gasteiger partial charge in [-0.25, -0.2) is 4.79 Å². The smallest absolute Gasteiger partial charge is 0.410 e. The fourth-order valence-electron chi connectivity index (χ4n) is 3.35. The molecule has 1 saturated heterocycles. The lowest BCUT2D eigenvalue weighted by Crippen LogP contribution is -2.45. The van der Waals surface area contributed by atoms with E-state index in [0.29, 0.717) is 30.2 Å². The van der Waals surface area contributed by atoms with Gasteiger partial charge in [-0.15, -0.1) is 0 Å². The second-order valence-electron chi connectivity index (χ2n) is 8.29. The zero-order valence-corrected chi connectivity index (χ0v) is 17.3. The van der Waals surface area contributed by atoms with Gasteiger partial charge in [0.05, 0.1) is 5.57 Å². The van der Waals surface area contributed by atoms with Crippen molar-refractivity contribution in [2.75, 3.05) is 26.2 Å². The lowest BCUT2D eigenvalue weighted by molar-refractivity contribution is -0.118. The normalized spacial score (nSPS) is 19.2. The van der Waals surface area contributed by atoms with Crippen LogP contribution in [0.1, 0.15) is 39.2 Å². The molecular formula is C21H27ClN2O4. The van der Waals surface area contributed by atoms with Gasteiger partial charge in [-0.3, -0.25) is 4.79 Å². The number of carbonyl (C=O) groups excluding carboxylic acids is 2. The van der Waals surface area contributed by atoms with Crippen LogP contribution in [-0.2, 0) is 9.53 Å². The van der Waals surface area contributed by atoms with Gasteiger partial charge in [0.1, 0.15) is 18.0 Å². The molecule has 1 N–H and O–H groups in total. The average Bonchev–Trinajstić information content (AvgIpc) is 2.64. The van der Waals surface area contributed by atoms with Gasteiger partial charge in [-0.2, -0.15) is 0 Å². The fraction of sp³-hybridized carbons (Fsp3) is 0.524. The number of hydrogen-bond acceptors (Lipinski definition) is 4. The second-order valence-corrected chi connectivity index (χ2v) is 8.72. The first-order chi connectivity index (χ1) is 13.2. The van der Waals surface area contributed by atoms with E-state index in [0.717, 1.165) is 24.2 Å². The molecule has 2 amide bonds. The fourth-order valence-corrected chi connectivity index (χ4v) is 3.53. The van der Waals surface area contributed by atoms with Gasteiger partial charge >= 0.3 is 6.09 Å². The number of amides is 2. The van der Waals surface area contributed by atoms with Gasteiger partial charge < -0.3 is 19.7 Å². The van der Waals surface area contributed by atoms with Gasteiger partial charge in [-0.05, 0) is 63.8 Å².